The Morgan fingerprint density at radius 3 is 2.44 bits per heavy atom. The molecule has 0 atom stereocenters. The summed E-state index contributed by atoms with van der Waals surface area (Å²) in [5.74, 6) is -1.06. The first-order valence-electron chi connectivity index (χ1n) is 10.1. The molecule has 1 heterocycles. The van der Waals surface area contributed by atoms with Gasteiger partial charge >= 0.3 is 6.03 Å². The third-order valence-corrected chi connectivity index (χ3v) is 6.47. The number of imide groups is 2. The van der Waals surface area contributed by atoms with E-state index in [0.717, 1.165) is 19.4 Å². The molecule has 6 nitrogen and oxygen atoms in total. The highest BCUT2D eigenvalue weighted by Crippen LogP contribution is 2.31. The molecule has 1 aliphatic rings. The molecular weight excluding hydrogens is 588 g/mol. The van der Waals surface area contributed by atoms with Crippen LogP contribution in [0.1, 0.15) is 16.7 Å². The maximum atomic E-state index is 13.3. The summed E-state index contributed by atoms with van der Waals surface area (Å²) in [5.41, 5.74) is 2.16. The van der Waals surface area contributed by atoms with E-state index in [1.807, 2.05) is 18.2 Å². The van der Waals surface area contributed by atoms with E-state index in [9.17, 15) is 14.4 Å². The lowest BCUT2D eigenvalue weighted by Gasteiger charge is -2.27. The van der Waals surface area contributed by atoms with Crippen LogP contribution in [0.5, 0.6) is 5.75 Å². The van der Waals surface area contributed by atoms with Gasteiger partial charge in [0.1, 0.15) is 17.9 Å². The summed E-state index contributed by atoms with van der Waals surface area (Å²) in [4.78, 5) is 39.4. The Balaban J connectivity index is 1.70. The summed E-state index contributed by atoms with van der Waals surface area (Å²) in [5, 5.41) is 2.82. The van der Waals surface area contributed by atoms with Gasteiger partial charge in [-0.05, 0) is 61.0 Å². The molecule has 0 aliphatic carbocycles. The smallest absolute Gasteiger partial charge is 0.335 e. The van der Waals surface area contributed by atoms with Crippen molar-refractivity contribution < 1.29 is 19.1 Å². The number of amides is 4. The summed E-state index contributed by atoms with van der Waals surface area (Å²) in [6, 6.07) is 16.9. The number of anilines is 1. The Morgan fingerprint density at radius 1 is 1.00 bits per heavy atom. The fourth-order valence-corrected chi connectivity index (χ4v) is 4.48. The van der Waals surface area contributed by atoms with Crippen molar-refractivity contribution in [2.45, 2.75) is 13.5 Å². The lowest BCUT2D eigenvalue weighted by atomic mass is 10.0. The molecular formula is C25H17Br2ClN2O4. The van der Waals surface area contributed by atoms with E-state index < -0.39 is 17.8 Å². The zero-order chi connectivity index (χ0) is 24.4. The van der Waals surface area contributed by atoms with Crippen LogP contribution in [0.2, 0.25) is 5.02 Å². The summed E-state index contributed by atoms with van der Waals surface area (Å²) < 4.78 is 7.49. The lowest BCUT2D eigenvalue weighted by molar-refractivity contribution is -0.122. The number of carbonyl (C=O) groups is 3. The standard InChI is InChI=1S/C25H17Br2ClN2O4/c1-14-10-17(26)6-8-21(14)30-24(32)19(23(31)29-25(30)33)12-16-11-18(27)7-9-22(16)34-13-15-4-2-3-5-20(15)28/h2-12H,13H2,1H3,(H,29,31,33)/b19-12-. The zero-order valence-corrected chi connectivity index (χ0v) is 21.7. The van der Waals surface area contributed by atoms with E-state index >= 15 is 0 Å². The van der Waals surface area contributed by atoms with Gasteiger partial charge in [-0.2, -0.15) is 0 Å². The molecule has 0 bridgehead atoms. The minimum absolute atomic E-state index is 0.192. The number of hydrogen-bond donors (Lipinski definition) is 1. The highest BCUT2D eigenvalue weighted by molar-refractivity contribution is 9.10. The molecule has 0 saturated carbocycles. The Morgan fingerprint density at radius 2 is 1.71 bits per heavy atom. The van der Waals surface area contributed by atoms with Gasteiger partial charge in [0.25, 0.3) is 11.8 Å². The number of aryl methyl sites for hydroxylation is 1. The van der Waals surface area contributed by atoms with Crippen LogP contribution in [-0.4, -0.2) is 17.8 Å². The SMILES string of the molecule is Cc1cc(Br)ccc1N1C(=O)NC(=O)/C(=C/c2cc(Br)ccc2OCc2ccccc2Cl)C1=O. The number of ether oxygens (including phenoxy) is 1. The molecule has 1 fully saturated rings. The molecule has 1 N–H and O–H groups in total. The van der Waals surface area contributed by atoms with Crippen molar-refractivity contribution in [3.8, 4) is 5.75 Å². The molecule has 34 heavy (non-hydrogen) atoms. The first kappa shape index (κ1) is 24.2. The van der Waals surface area contributed by atoms with E-state index in [1.54, 1.807) is 49.4 Å². The van der Waals surface area contributed by atoms with Gasteiger partial charge in [0.2, 0.25) is 0 Å². The van der Waals surface area contributed by atoms with Crippen molar-refractivity contribution in [2.24, 2.45) is 0 Å². The number of benzene rings is 3. The summed E-state index contributed by atoms with van der Waals surface area (Å²) in [6.07, 6.45) is 1.41. The average Bonchev–Trinajstić information content (AvgIpc) is 2.78. The van der Waals surface area contributed by atoms with Crippen molar-refractivity contribution in [1.29, 1.82) is 0 Å². The molecule has 1 aliphatic heterocycles. The second-order valence-electron chi connectivity index (χ2n) is 7.45. The van der Waals surface area contributed by atoms with Crippen LogP contribution in [-0.2, 0) is 16.2 Å². The fourth-order valence-electron chi connectivity index (χ4n) is 3.44. The van der Waals surface area contributed by atoms with Crippen LogP contribution < -0.4 is 15.0 Å². The predicted molar refractivity (Wildman–Crippen MR) is 138 cm³/mol. The van der Waals surface area contributed by atoms with Crippen LogP contribution in [0.25, 0.3) is 6.08 Å². The Hall–Kier alpha value is -2.94. The van der Waals surface area contributed by atoms with Crippen LogP contribution in [0.3, 0.4) is 0 Å². The summed E-state index contributed by atoms with van der Waals surface area (Å²) >= 11 is 13.0. The number of hydrogen-bond acceptors (Lipinski definition) is 4. The first-order chi connectivity index (χ1) is 16.2. The van der Waals surface area contributed by atoms with Crippen molar-refractivity contribution in [2.75, 3.05) is 4.90 Å². The third kappa shape index (κ3) is 5.09. The predicted octanol–water partition coefficient (Wildman–Crippen LogP) is 6.42. The molecule has 172 valence electrons. The molecule has 4 amide bonds. The molecule has 0 unspecified atom stereocenters. The van der Waals surface area contributed by atoms with Crippen LogP contribution in [0, 0.1) is 6.92 Å². The average molecular weight is 605 g/mol. The van der Waals surface area contributed by atoms with E-state index in [4.69, 9.17) is 16.3 Å². The minimum atomic E-state index is -0.804. The van der Waals surface area contributed by atoms with Gasteiger partial charge in [0, 0.05) is 25.1 Å². The monoisotopic (exact) mass is 602 g/mol. The van der Waals surface area contributed by atoms with Crippen LogP contribution >= 0.6 is 43.5 Å². The number of urea groups is 1. The van der Waals surface area contributed by atoms with Crippen LogP contribution in [0.15, 0.2) is 75.2 Å². The molecule has 3 aromatic rings. The maximum absolute atomic E-state index is 13.3. The largest absolute Gasteiger partial charge is 0.488 e. The van der Waals surface area contributed by atoms with E-state index in [-0.39, 0.29) is 12.2 Å². The first-order valence-corrected chi connectivity index (χ1v) is 12.0. The van der Waals surface area contributed by atoms with E-state index in [1.165, 1.54) is 6.08 Å². The highest BCUT2D eigenvalue weighted by atomic mass is 79.9. The van der Waals surface area contributed by atoms with Crippen molar-refractivity contribution >= 4 is 73.1 Å². The number of rotatable bonds is 5. The molecule has 4 rings (SSSR count). The second kappa shape index (κ2) is 10.1. The Kier molecular flexibility index (Phi) is 7.21. The van der Waals surface area contributed by atoms with E-state index in [0.29, 0.717) is 27.6 Å². The van der Waals surface area contributed by atoms with Gasteiger partial charge in [-0.3, -0.25) is 14.9 Å². The molecule has 0 radical (unpaired) electrons. The number of carbonyl (C=O) groups excluding carboxylic acids is 3. The Labute approximate surface area is 217 Å². The molecule has 9 heteroatoms. The number of halogens is 3. The number of nitrogens with one attached hydrogen (secondary N) is 1. The van der Waals surface area contributed by atoms with Crippen molar-refractivity contribution in [3.63, 3.8) is 0 Å². The van der Waals surface area contributed by atoms with Crippen molar-refractivity contribution in [1.82, 2.24) is 5.32 Å². The maximum Gasteiger partial charge on any atom is 0.335 e. The summed E-state index contributed by atoms with van der Waals surface area (Å²) in [7, 11) is 0. The van der Waals surface area contributed by atoms with Gasteiger partial charge in [0.05, 0.1) is 5.69 Å². The van der Waals surface area contributed by atoms with Gasteiger partial charge in [0.15, 0.2) is 0 Å². The normalized spacial score (nSPS) is 15.0. The third-order valence-electron chi connectivity index (χ3n) is 5.11. The highest BCUT2D eigenvalue weighted by Gasteiger charge is 2.37. The lowest BCUT2D eigenvalue weighted by Crippen LogP contribution is -2.54. The van der Waals surface area contributed by atoms with Gasteiger partial charge in [-0.25, -0.2) is 9.69 Å². The topological polar surface area (TPSA) is 75.7 Å². The van der Waals surface area contributed by atoms with Gasteiger partial charge in [-0.1, -0.05) is 61.7 Å². The van der Waals surface area contributed by atoms with Gasteiger partial charge < -0.3 is 4.74 Å². The van der Waals surface area contributed by atoms with Gasteiger partial charge in [-0.15, -0.1) is 0 Å². The zero-order valence-electron chi connectivity index (χ0n) is 17.8. The quantitative estimate of drug-likeness (QED) is 0.270. The number of barbiturate groups is 1. The summed E-state index contributed by atoms with van der Waals surface area (Å²) in [6.45, 7) is 1.97. The van der Waals surface area contributed by atoms with E-state index in [2.05, 4.69) is 37.2 Å². The Bertz CT molecular complexity index is 1360. The van der Waals surface area contributed by atoms with Crippen LogP contribution in [0.4, 0.5) is 10.5 Å². The van der Waals surface area contributed by atoms with Crippen molar-refractivity contribution in [3.05, 3.63) is 96.9 Å². The number of nitrogens with zero attached hydrogens (tertiary/aromatic N) is 1. The fraction of sp³-hybridized carbons (Fsp3) is 0.0800. The minimum Gasteiger partial charge on any atom is -0.488 e. The second-order valence-corrected chi connectivity index (χ2v) is 9.69. The molecule has 3 aromatic carbocycles. The molecule has 0 aromatic heterocycles. The molecule has 0 spiro atoms. The molecule has 1 saturated heterocycles.